The average Bonchev–Trinajstić information content (AvgIpc) is 2.38. The Morgan fingerprint density at radius 1 is 1.50 bits per heavy atom. The van der Waals surface area contributed by atoms with Crippen molar-refractivity contribution in [3.05, 3.63) is 35.4 Å². The first-order chi connectivity index (χ1) is 9.03. The van der Waals surface area contributed by atoms with E-state index in [-0.39, 0.29) is 24.2 Å². The van der Waals surface area contributed by atoms with Crippen LogP contribution >= 0.6 is 12.4 Å². The molecule has 110 valence electrons. The van der Waals surface area contributed by atoms with E-state index < -0.39 is 10.0 Å². The molecule has 0 amide bonds. The summed E-state index contributed by atoms with van der Waals surface area (Å²) in [7, 11) is -3.33. The Morgan fingerprint density at radius 2 is 2.25 bits per heavy atom. The van der Waals surface area contributed by atoms with E-state index in [1.807, 2.05) is 13.0 Å². The fourth-order valence-electron chi connectivity index (χ4n) is 2.26. The SMILES string of the molecule is C[C@H]1CNCCN1S(=O)(=O)Cc1cccc(C#N)c1.Cl. The minimum absolute atomic E-state index is 0. The zero-order valence-electron chi connectivity index (χ0n) is 11.2. The van der Waals surface area contributed by atoms with Crippen molar-refractivity contribution in [2.45, 2.75) is 18.7 Å². The third-order valence-electron chi connectivity index (χ3n) is 3.20. The van der Waals surface area contributed by atoms with Gasteiger partial charge in [0.05, 0.1) is 17.4 Å². The van der Waals surface area contributed by atoms with Crippen molar-refractivity contribution >= 4 is 22.4 Å². The predicted octanol–water partition coefficient (Wildman–Crippen LogP) is 1.10. The van der Waals surface area contributed by atoms with Crippen LogP contribution in [0.3, 0.4) is 0 Å². The molecule has 1 aliphatic heterocycles. The molecule has 7 heteroatoms. The van der Waals surface area contributed by atoms with Crippen molar-refractivity contribution in [2.24, 2.45) is 0 Å². The van der Waals surface area contributed by atoms with Crippen molar-refractivity contribution in [3.63, 3.8) is 0 Å². The van der Waals surface area contributed by atoms with E-state index in [9.17, 15) is 8.42 Å². The standard InChI is InChI=1S/C13H17N3O2S.ClH/c1-11-9-15-5-6-16(11)19(17,18)10-13-4-2-3-12(7-13)8-14;/h2-4,7,11,15H,5-6,9-10H2,1H3;1H/t11-;/m0./s1. The Bertz CT molecular complexity index is 598. The first-order valence-corrected chi connectivity index (χ1v) is 7.83. The van der Waals surface area contributed by atoms with Gasteiger partial charge in [0.2, 0.25) is 10.0 Å². The number of piperazine rings is 1. The summed E-state index contributed by atoms with van der Waals surface area (Å²) in [6, 6.07) is 8.75. The van der Waals surface area contributed by atoms with Crippen molar-refractivity contribution in [1.82, 2.24) is 9.62 Å². The number of nitriles is 1. The summed E-state index contributed by atoms with van der Waals surface area (Å²) < 4.78 is 26.3. The third-order valence-corrected chi connectivity index (χ3v) is 5.16. The van der Waals surface area contributed by atoms with E-state index in [0.717, 1.165) is 0 Å². The van der Waals surface area contributed by atoms with Gasteiger partial charge in [0, 0.05) is 25.7 Å². The van der Waals surface area contributed by atoms with Crippen LogP contribution in [0.5, 0.6) is 0 Å². The monoisotopic (exact) mass is 315 g/mol. The number of sulfonamides is 1. The smallest absolute Gasteiger partial charge is 0.218 e. The lowest BCUT2D eigenvalue weighted by atomic mass is 10.2. The molecular weight excluding hydrogens is 298 g/mol. The van der Waals surface area contributed by atoms with Crippen LogP contribution in [0.4, 0.5) is 0 Å². The van der Waals surface area contributed by atoms with Gasteiger partial charge in [-0.05, 0) is 24.6 Å². The van der Waals surface area contributed by atoms with Crippen molar-refractivity contribution < 1.29 is 8.42 Å². The van der Waals surface area contributed by atoms with Gasteiger partial charge in [-0.25, -0.2) is 8.42 Å². The molecule has 1 aromatic carbocycles. The lowest BCUT2D eigenvalue weighted by molar-refractivity contribution is 0.283. The molecule has 0 aliphatic carbocycles. The van der Waals surface area contributed by atoms with E-state index in [1.165, 1.54) is 0 Å². The molecule has 1 aromatic rings. The molecular formula is C13H18ClN3O2S. The molecule has 0 unspecified atom stereocenters. The van der Waals surface area contributed by atoms with Gasteiger partial charge >= 0.3 is 0 Å². The summed E-state index contributed by atoms with van der Waals surface area (Å²) in [5.74, 6) is -0.0488. The predicted molar refractivity (Wildman–Crippen MR) is 80.1 cm³/mol. The molecule has 1 fully saturated rings. The summed E-state index contributed by atoms with van der Waals surface area (Å²) in [6.45, 7) is 3.76. The fraction of sp³-hybridized carbons (Fsp3) is 0.462. The van der Waals surface area contributed by atoms with Crippen LogP contribution in [0.2, 0.25) is 0 Å². The molecule has 5 nitrogen and oxygen atoms in total. The number of halogens is 1. The van der Waals surface area contributed by atoms with E-state index in [4.69, 9.17) is 5.26 Å². The van der Waals surface area contributed by atoms with Gasteiger partial charge in [-0.2, -0.15) is 9.57 Å². The van der Waals surface area contributed by atoms with Gasteiger partial charge in [-0.1, -0.05) is 12.1 Å². The van der Waals surface area contributed by atoms with Gasteiger partial charge in [-0.3, -0.25) is 0 Å². The molecule has 1 atom stereocenters. The Kier molecular flexibility index (Phi) is 5.96. The van der Waals surface area contributed by atoms with E-state index in [1.54, 1.807) is 28.6 Å². The Labute approximate surface area is 126 Å². The molecule has 1 heterocycles. The summed E-state index contributed by atoms with van der Waals surface area (Å²) in [4.78, 5) is 0. The van der Waals surface area contributed by atoms with Crippen LogP contribution in [-0.4, -0.2) is 38.4 Å². The van der Waals surface area contributed by atoms with Gasteiger partial charge in [-0.15, -0.1) is 12.4 Å². The zero-order chi connectivity index (χ0) is 13.9. The first-order valence-electron chi connectivity index (χ1n) is 6.22. The maximum absolute atomic E-state index is 12.4. The van der Waals surface area contributed by atoms with Gasteiger partial charge in [0.15, 0.2) is 0 Å². The summed E-state index contributed by atoms with van der Waals surface area (Å²) in [5, 5.41) is 12.0. The van der Waals surface area contributed by atoms with Gasteiger partial charge in [0.25, 0.3) is 0 Å². The molecule has 0 bridgehead atoms. The minimum atomic E-state index is -3.33. The summed E-state index contributed by atoms with van der Waals surface area (Å²) in [5.41, 5.74) is 1.14. The Balaban J connectivity index is 0.00000200. The lowest BCUT2D eigenvalue weighted by Gasteiger charge is -2.32. The van der Waals surface area contributed by atoms with Crippen LogP contribution < -0.4 is 5.32 Å². The number of benzene rings is 1. The number of hydrogen-bond donors (Lipinski definition) is 1. The van der Waals surface area contributed by atoms with E-state index in [2.05, 4.69) is 5.32 Å². The van der Waals surface area contributed by atoms with Crippen molar-refractivity contribution in [1.29, 1.82) is 5.26 Å². The highest BCUT2D eigenvalue weighted by Crippen LogP contribution is 2.16. The average molecular weight is 316 g/mol. The fourth-order valence-corrected chi connectivity index (χ4v) is 4.02. The number of nitrogens with one attached hydrogen (secondary N) is 1. The highest BCUT2D eigenvalue weighted by atomic mass is 35.5. The second kappa shape index (κ2) is 7.04. The number of hydrogen-bond acceptors (Lipinski definition) is 4. The van der Waals surface area contributed by atoms with E-state index in [0.29, 0.717) is 30.8 Å². The van der Waals surface area contributed by atoms with Gasteiger partial charge < -0.3 is 5.32 Å². The van der Waals surface area contributed by atoms with E-state index >= 15 is 0 Å². The quantitative estimate of drug-likeness (QED) is 0.906. The first kappa shape index (κ1) is 16.9. The molecule has 0 spiro atoms. The molecule has 1 aliphatic rings. The number of nitrogens with zero attached hydrogens (tertiary/aromatic N) is 2. The zero-order valence-corrected chi connectivity index (χ0v) is 12.9. The maximum atomic E-state index is 12.4. The normalized spacial score (nSPS) is 19.9. The summed E-state index contributed by atoms with van der Waals surface area (Å²) >= 11 is 0. The molecule has 0 radical (unpaired) electrons. The third kappa shape index (κ3) is 3.93. The lowest BCUT2D eigenvalue weighted by Crippen LogP contribution is -2.52. The Morgan fingerprint density at radius 3 is 2.90 bits per heavy atom. The van der Waals surface area contributed by atoms with Gasteiger partial charge in [0.1, 0.15) is 0 Å². The van der Waals surface area contributed by atoms with Crippen molar-refractivity contribution in [2.75, 3.05) is 19.6 Å². The molecule has 2 rings (SSSR count). The van der Waals surface area contributed by atoms with Crippen molar-refractivity contribution in [3.8, 4) is 6.07 Å². The maximum Gasteiger partial charge on any atom is 0.218 e. The van der Waals surface area contributed by atoms with Crippen LogP contribution in [0, 0.1) is 11.3 Å². The molecule has 20 heavy (non-hydrogen) atoms. The minimum Gasteiger partial charge on any atom is -0.314 e. The van der Waals surface area contributed by atoms with Crippen LogP contribution in [0.1, 0.15) is 18.1 Å². The highest BCUT2D eigenvalue weighted by Gasteiger charge is 2.29. The highest BCUT2D eigenvalue weighted by molar-refractivity contribution is 7.88. The molecule has 0 saturated carbocycles. The topological polar surface area (TPSA) is 73.2 Å². The second-order valence-corrected chi connectivity index (χ2v) is 6.65. The largest absolute Gasteiger partial charge is 0.314 e. The molecule has 0 aromatic heterocycles. The number of rotatable bonds is 3. The molecule has 1 saturated heterocycles. The van der Waals surface area contributed by atoms with Crippen LogP contribution in [0.15, 0.2) is 24.3 Å². The Hall–Kier alpha value is -1.13. The second-order valence-electron chi connectivity index (χ2n) is 4.73. The summed E-state index contributed by atoms with van der Waals surface area (Å²) in [6.07, 6.45) is 0. The van der Waals surface area contributed by atoms with Crippen LogP contribution in [-0.2, 0) is 15.8 Å². The molecule has 1 N–H and O–H groups in total. The van der Waals surface area contributed by atoms with Crippen LogP contribution in [0.25, 0.3) is 0 Å².